The number of hydrogen-bond donors (Lipinski definition) is 0. The molecule has 18 heavy (non-hydrogen) atoms. The lowest BCUT2D eigenvalue weighted by Gasteiger charge is -2.12. The number of carbonyl (C=O) groups is 1. The highest BCUT2D eigenvalue weighted by Gasteiger charge is 2.14. The standard InChI is InChI=1S/C15H18FNO/c1-4-12(11-13(18)9-10-17(2)3)14-7-5-6-8-15(14)16/h4-10,12H,1,11H2,2-3H3/b10-9+/t12-/m0/s1. The zero-order valence-electron chi connectivity index (χ0n) is 10.8. The fourth-order valence-corrected chi connectivity index (χ4v) is 1.61. The van der Waals surface area contributed by atoms with Crippen LogP contribution in [0.2, 0.25) is 0 Å². The van der Waals surface area contributed by atoms with Gasteiger partial charge in [0.1, 0.15) is 5.82 Å². The molecule has 0 saturated carbocycles. The van der Waals surface area contributed by atoms with Crippen molar-refractivity contribution in [3.8, 4) is 0 Å². The topological polar surface area (TPSA) is 20.3 Å². The molecule has 0 aliphatic heterocycles. The number of carbonyl (C=O) groups excluding carboxylic acids is 1. The number of hydrogen-bond acceptors (Lipinski definition) is 2. The molecule has 0 heterocycles. The second-order valence-corrected chi connectivity index (χ2v) is 4.31. The molecular weight excluding hydrogens is 229 g/mol. The van der Waals surface area contributed by atoms with Gasteiger partial charge in [-0.2, -0.15) is 0 Å². The molecular formula is C15H18FNO. The fraction of sp³-hybridized carbons (Fsp3) is 0.267. The summed E-state index contributed by atoms with van der Waals surface area (Å²) in [4.78, 5) is 13.5. The zero-order chi connectivity index (χ0) is 13.5. The molecule has 0 fully saturated rings. The summed E-state index contributed by atoms with van der Waals surface area (Å²) in [5.74, 6) is -0.630. The Morgan fingerprint density at radius 3 is 2.67 bits per heavy atom. The van der Waals surface area contributed by atoms with Crippen LogP contribution in [0, 0.1) is 5.82 Å². The Kier molecular flexibility index (Phi) is 5.31. The van der Waals surface area contributed by atoms with Gasteiger partial charge in [-0.15, -0.1) is 6.58 Å². The van der Waals surface area contributed by atoms with Crippen LogP contribution in [0.15, 0.2) is 49.2 Å². The van der Waals surface area contributed by atoms with Gasteiger partial charge in [0.05, 0.1) is 0 Å². The quantitative estimate of drug-likeness (QED) is 0.568. The van der Waals surface area contributed by atoms with Gasteiger partial charge in [-0.3, -0.25) is 4.79 Å². The van der Waals surface area contributed by atoms with E-state index in [4.69, 9.17) is 0 Å². The molecule has 0 aliphatic rings. The summed E-state index contributed by atoms with van der Waals surface area (Å²) >= 11 is 0. The van der Waals surface area contributed by atoms with Crippen LogP contribution in [0.4, 0.5) is 4.39 Å². The van der Waals surface area contributed by atoms with Gasteiger partial charge in [-0.1, -0.05) is 24.3 Å². The molecule has 0 aromatic heterocycles. The summed E-state index contributed by atoms with van der Waals surface area (Å²) in [6.07, 6.45) is 5.02. The Morgan fingerprint density at radius 2 is 2.11 bits per heavy atom. The van der Waals surface area contributed by atoms with Gasteiger partial charge in [0.25, 0.3) is 0 Å². The van der Waals surface area contributed by atoms with E-state index in [0.717, 1.165) is 0 Å². The summed E-state index contributed by atoms with van der Waals surface area (Å²) in [6.45, 7) is 3.67. The number of rotatable bonds is 6. The van der Waals surface area contributed by atoms with Gasteiger partial charge in [-0.05, 0) is 17.7 Å². The van der Waals surface area contributed by atoms with E-state index in [1.807, 2.05) is 14.1 Å². The molecule has 2 nitrogen and oxygen atoms in total. The first-order valence-corrected chi connectivity index (χ1v) is 5.79. The average Bonchev–Trinajstić information content (AvgIpc) is 2.34. The number of ketones is 1. The first kappa shape index (κ1) is 14.2. The highest BCUT2D eigenvalue weighted by atomic mass is 19.1. The van der Waals surface area contributed by atoms with E-state index in [2.05, 4.69) is 6.58 Å². The zero-order valence-corrected chi connectivity index (χ0v) is 10.8. The van der Waals surface area contributed by atoms with Gasteiger partial charge < -0.3 is 4.90 Å². The Morgan fingerprint density at radius 1 is 1.44 bits per heavy atom. The van der Waals surface area contributed by atoms with E-state index in [1.165, 1.54) is 12.1 Å². The number of halogens is 1. The normalized spacial score (nSPS) is 12.4. The summed E-state index contributed by atoms with van der Waals surface area (Å²) in [5.41, 5.74) is 0.513. The molecule has 0 spiro atoms. The molecule has 0 radical (unpaired) electrons. The minimum absolute atomic E-state index is 0.0446. The minimum atomic E-state index is -0.299. The van der Waals surface area contributed by atoms with E-state index in [0.29, 0.717) is 5.56 Å². The summed E-state index contributed by atoms with van der Waals surface area (Å²) in [5, 5.41) is 0. The van der Waals surface area contributed by atoms with E-state index >= 15 is 0 Å². The van der Waals surface area contributed by atoms with Crippen LogP contribution in [-0.4, -0.2) is 24.8 Å². The third-order valence-corrected chi connectivity index (χ3v) is 2.57. The van der Waals surface area contributed by atoms with Crippen LogP contribution >= 0.6 is 0 Å². The lowest BCUT2D eigenvalue weighted by atomic mass is 9.93. The maximum atomic E-state index is 13.6. The fourth-order valence-electron chi connectivity index (χ4n) is 1.61. The molecule has 0 saturated heterocycles. The van der Waals surface area contributed by atoms with Crippen molar-refractivity contribution in [2.75, 3.05) is 14.1 Å². The van der Waals surface area contributed by atoms with Crippen molar-refractivity contribution in [3.05, 3.63) is 60.6 Å². The molecule has 0 aliphatic carbocycles. The minimum Gasteiger partial charge on any atom is -0.383 e. The Bertz CT molecular complexity index is 452. The SMILES string of the molecule is C=C[C@@H](CC(=O)/C=C/N(C)C)c1ccccc1F. The van der Waals surface area contributed by atoms with Crippen LogP contribution in [0.3, 0.4) is 0 Å². The van der Waals surface area contributed by atoms with Crippen LogP contribution in [-0.2, 0) is 4.79 Å². The maximum Gasteiger partial charge on any atom is 0.158 e. The summed E-state index contributed by atoms with van der Waals surface area (Å²) in [7, 11) is 3.68. The van der Waals surface area contributed by atoms with E-state index < -0.39 is 0 Å². The van der Waals surface area contributed by atoms with Gasteiger partial charge in [0, 0.05) is 32.6 Å². The largest absolute Gasteiger partial charge is 0.383 e. The van der Waals surface area contributed by atoms with Gasteiger partial charge in [0.2, 0.25) is 0 Å². The van der Waals surface area contributed by atoms with Crippen LogP contribution < -0.4 is 0 Å². The van der Waals surface area contributed by atoms with E-state index in [1.54, 1.807) is 35.4 Å². The van der Waals surface area contributed by atoms with Crippen LogP contribution in [0.1, 0.15) is 17.9 Å². The third-order valence-electron chi connectivity index (χ3n) is 2.57. The van der Waals surface area contributed by atoms with Gasteiger partial charge in [0.15, 0.2) is 5.78 Å². The molecule has 1 atom stereocenters. The second kappa shape index (κ2) is 6.74. The Hall–Kier alpha value is -1.90. The monoisotopic (exact) mass is 247 g/mol. The molecule has 1 aromatic carbocycles. The third kappa shape index (κ3) is 4.17. The number of benzene rings is 1. The van der Waals surface area contributed by atoms with Crippen molar-refractivity contribution in [2.45, 2.75) is 12.3 Å². The number of nitrogens with zero attached hydrogens (tertiary/aromatic N) is 1. The van der Waals surface area contributed by atoms with Gasteiger partial charge >= 0.3 is 0 Å². The smallest absolute Gasteiger partial charge is 0.158 e. The second-order valence-electron chi connectivity index (χ2n) is 4.31. The molecule has 0 N–H and O–H groups in total. The van der Waals surface area contributed by atoms with Crippen molar-refractivity contribution >= 4 is 5.78 Å². The van der Waals surface area contributed by atoms with Crippen molar-refractivity contribution in [2.24, 2.45) is 0 Å². The average molecular weight is 247 g/mol. The number of allylic oxidation sites excluding steroid dienone is 2. The highest BCUT2D eigenvalue weighted by molar-refractivity contribution is 5.90. The Labute approximate surface area is 107 Å². The molecule has 0 amide bonds. The van der Waals surface area contributed by atoms with Crippen LogP contribution in [0.5, 0.6) is 0 Å². The lowest BCUT2D eigenvalue weighted by Crippen LogP contribution is -2.07. The lowest BCUT2D eigenvalue weighted by molar-refractivity contribution is -0.114. The van der Waals surface area contributed by atoms with Crippen LogP contribution in [0.25, 0.3) is 0 Å². The van der Waals surface area contributed by atoms with Crippen molar-refractivity contribution in [1.82, 2.24) is 4.90 Å². The summed E-state index contributed by atoms with van der Waals surface area (Å²) < 4.78 is 13.6. The molecule has 1 aromatic rings. The van der Waals surface area contributed by atoms with Crippen molar-refractivity contribution in [3.63, 3.8) is 0 Å². The first-order valence-electron chi connectivity index (χ1n) is 5.79. The molecule has 0 bridgehead atoms. The molecule has 3 heteroatoms. The first-order chi connectivity index (χ1) is 8.54. The van der Waals surface area contributed by atoms with Crippen molar-refractivity contribution in [1.29, 1.82) is 0 Å². The molecule has 1 rings (SSSR count). The van der Waals surface area contributed by atoms with Crippen molar-refractivity contribution < 1.29 is 9.18 Å². The molecule has 0 unspecified atom stereocenters. The maximum absolute atomic E-state index is 13.6. The summed E-state index contributed by atoms with van der Waals surface area (Å²) in [6, 6.07) is 6.47. The van der Waals surface area contributed by atoms with E-state index in [9.17, 15) is 9.18 Å². The molecule has 96 valence electrons. The van der Waals surface area contributed by atoms with Gasteiger partial charge in [-0.25, -0.2) is 4.39 Å². The highest BCUT2D eigenvalue weighted by Crippen LogP contribution is 2.23. The van der Waals surface area contributed by atoms with E-state index in [-0.39, 0.29) is 23.9 Å². The predicted octanol–water partition coefficient (Wildman–Crippen LogP) is 3.13. The predicted molar refractivity (Wildman–Crippen MR) is 71.8 cm³/mol. The Balaban J connectivity index is 2.77.